The molecule has 3 heteroatoms. The molecular formula is C24H44N2Si. The normalized spacial score (nSPS) is 32.9. The van der Waals surface area contributed by atoms with Gasteiger partial charge < -0.3 is 9.88 Å². The molecule has 0 radical (unpaired) electrons. The molecule has 0 aromatic carbocycles. The van der Waals surface area contributed by atoms with Gasteiger partial charge in [-0.2, -0.15) is 0 Å². The van der Waals surface area contributed by atoms with E-state index in [1.165, 1.54) is 32.6 Å². The summed E-state index contributed by atoms with van der Waals surface area (Å²) in [6.07, 6.45) is 6.79. The highest BCUT2D eigenvalue weighted by atomic mass is 28.3. The Balaban J connectivity index is 2.00. The number of hydrogen-bond acceptors (Lipinski definition) is 2. The minimum Gasteiger partial charge on any atom is -0.321 e. The molecule has 2 aliphatic carbocycles. The average Bonchev–Trinajstić information content (AvgIpc) is 3.02. The first kappa shape index (κ1) is 21.3. The van der Waals surface area contributed by atoms with Crippen molar-refractivity contribution in [1.82, 2.24) is 9.88 Å². The maximum absolute atomic E-state index is 3.56. The van der Waals surface area contributed by atoms with Gasteiger partial charge in [-0.15, -0.1) is 0 Å². The number of piperazine rings is 1. The molecule has 0 amide bonds. The van der Waals surface area contributed by atoms with Gasteiger partial charge >= 0.3 is 0 Å². The largest absolute Gasteiger partial charge is 0.321 e. The zero-order chi connectivity index (χ0) is 19.9. The SMILES string of the molecule is CC(C)C1=CC2C(C(C(C)C)=C1)[C@@H](C(C)C)CC2[Si](C)(C)N1CCNCC1. The van der Waals surface area contributed by atoms with Crippen LogP contribution in [0, 0.1) is 35.5 Å². The summed E-state index contributed by atoms with van der Waals surface area (Å²) in [5, 5.41) is 3.56. The molecule has 1 aliphatic heterocycles. The first-order valence-electron chi connectivity index (χ1n) is 11.5. The van der Waals surface area contributed by atoms with Gasteiger partial charge in [-0.3, -0.25) is 0 Å². The van der Waals surface area contributed by atoms with Crippen LogP contribution in [0.15, 0.2) is 23.3 Å². The van der Waals surface area contributed by atoms with Crippen molar-refractivity contribution in [2.75, 3.05) is 26.2 Å². The molecule has 1 saturated carbocycles. The highest BCUT2D eigenvalue weighted by Crippen LogP contribution is 2.59. The Bertz CT molecular complexity index is 581. The highest BCUT2D eigenvalue weighted by molar-refractivity contribution is 6.76. The zero-order valence-corrected chi connectivity index (χ0v) is 20.2. The highest BCUT2D eigenvalue weighted by Gasteiger charge is 2.53. The lowest BCUT2D eigenvalue weighted by atomic mass is 9.70. The molecule has 4 atom stereocenters. The molecular weight excluding hydrogens is 344 g/mol. The van der Waals surface area contributed by atoms with Crippen LogP contribution in [0.25, 0.3) is 0 Å². The van der Waals surface area contributed by atoms with Crippen molar-refractivity contribution >= 4 is 8.24 Å². The van der Waals surface area contributed by atoms with E-state index in [-0.39, 0.29) is 0 Å². The van der Waals surface area contributed by atoms with Crippen molar-refractivity contribution < 1.29 is 0 Å². The van der Waals surface area contributed by atoms with Gasteiger partial charge in [-0.25, -0.2) is 0 Å². The van der Waals surface area contributed by atoms with E-state index in [1.807, 2.05) is 0 Å². The fraction of sp³-hybridized carbons (Fsp3) is 0.833. The third kappa shape index (κ3) is 4.02. The van der Waals surface area contributed by atoms with E-state index < -0.39 is 8.24 Å². The van der Waals surface area contributed by atoms with Crippen molar-refractivity contribution in [3.63, 3.8) is 0 Å². The van der Waals surface area contributed by atoms with Crippen molar-refractivity contribution in [1.29, 1.82) is 0 Å². The van der Waals surface area contributed by atoms with Gasteiger partial charge in [0, 0.05) is 26.2 Å². The third-order valence-electron chi connectivity index (χ3n) is 8.00. The maximum Gasteiger partial charge on any atom is 0.126 e. The van der Waals surface area contributed by atoms with Crippen LogP contribution in [0.5, 0.6) is 0 Å². The Labute approximate surface area is 170 Å². The number of rotatable bonds is 5. The summed E-state index contributed by atoms with van der Waals surface area (Å²) in [6.45, 7) is 24.8. The van der Waals surface area contributed by atoms with Crippen molar-refractivity contribution in [2.24, 2.45) is 35.5 Å². The van der Waals surface area contributed by atoms with Gasteiger partial charge in [0.15, 0.2) is 0 Å². The van der Waals surface area contributed by atoms with Gasteiger partial charge in [-0.05, 0) is 53.0 Å². The number of hydrogen-bond donors (Lipinski definition) is 1. The van der Waals surface area contributed by atoms with E-state index in [2.05, 4.69) is 76.7 Å². The smallest absolute Gasteiger partial charge is 0.126 e. The summed E-state index contributed by atoms with van der Waals surface area (Å²) < 4.78 is 2.92. The van der Waals surface area contributed by atoms with E-state index in [4.69, 9.17) is 0 Å². The Hall–Kier alpha value is -0.383. The number of allylic oxidation sites excluding steroid dienone is 4. The third-order valence-corrected chi connectivity index (χ3v) is 12.5. The summed E-state index contributed by atoms with van der Waals surface area (Å²) >= 11 is 0. The molecule has 2 fully saturated rings. The second kappa shape index (κ2) is 8.16. The minimum absolute atomic E-state index is 0.641. The molecule has 3 aliphatic rings. The standard InChI is InChI=1S/C24H44N2Si/c1-16(2)19-13-20(17(3)4)24-21(18(5)6)15-23(22(24)14-19)27(7,8)26-11-9-25-10-12-26/h13-14,16-18,21-25H,9-12,15H2,1-8H3/t21-,22?,23?,24?/m1/s1. The minimum atomic E-state index is -1.47. The lowest BCUT2D eigenvalue weighted by Gasteiger charge is -2.46. The Morgan fingerprint density at radius 1 is 1.00 bits per heavy atom. The lowest BCUT2D eigenvalue weighted by Crippen LogP contribution is -2.59. The first-order chi connectivity index (χ1) is 12.6. The summed E-state index contributed by atoms with van der Waals surface area (Å²) in [5.41, 5.74) is 4.26. The summed E-state index contributed by atoms with van der Waals surface area (Å²) in [7, 11) is -1.47. The Morgan fingerprint density at radius 3 is 2.15 bits per heavy atom. The van der Waals surface area contributed by atoms with E-state index in [0.29, 0.717) is 11.8 Å². The van der Waals surface area contributed by atoms with Gasteiger partial charge in [0.25, 0.3) is 0 Å². The second-order valence-corrected chi connectivity index (χ2v) is 15.5. The second-order valence-electron chi connectivity index (χ2n) is 10.9. The molecule has 1 N–H and O–H groups in total. The molecule has 3 rings (SSSR count). The summed E-state index contributed by atoms with van der Waals surface area (Å²) in [4.78, 5) is 0. The molecule has 0 bridgehead atoms. The number of nitrogens with zero attached hydrogens (tertiary/aromatic N) is 1. The predicted molar refractivity (Wildman–Crippen MR) is 121 cm³/mol. The van der Waals surface area contributed by atoms with Gasteiger partial charge in [-0.1, -0.05) is 72.4 Å². The maximum atomic E-state index is 3.56. The van der Waals surface area contributed by atoms with E-state index in [9.17, 15) is 0 Å². The van der Waals surface area contributed by atoms with Gasteiger partial charge in [0.2, 0.25) is 0 Å². The monoisotopic (exact) mass is 388 g/mol. The van der Waals surface area contributed by atoms with Crippen LogP contribution >= 0.6 is 0 Å². The fourth-order valence-corrected chi connectivity index (χ4v) is 10.2. The van der Waals surface area contributed by atoms with E-state index in [1.54, 1.807) is 11.1 Å². The average molecular weight is 389 g/mol. The Kier molecular flexibility index (Phi) is 6.45. The zero-order valence-electron chi connectivity index (χ0n) is 19.2. The lowest BCUT2D eigenvalue weighted by molar-refractivity contribution is 0.290. The molecule has 1 saturated heterocycles. The quantitative estimate of drug-likeness (QED) is 0.621. The number of fused-ring (bicyclic) bond motifs is 1. The summed E-state index contributed by atoms with van der Waals surface area (Å²) in [6, 6.07) is 0. The molecule has 3 unspecified atom stereocenters. The molecule has 0 aromatic rings. The van der Waals surface area contributed by atoms with Crippen LogP contribution in [0.4, 0.5) is 0 Å². The van der Waals surface area contributed by atoms with Crippen molar-refractivity contribution in [3.8, 4) is 0 Å². The van der Waals surface area contributed by atoms with Crippen LogP contribution in [0.3, 0.4) is 0 Å². The van der Waals surface area contributed by atoms with Crippen LogP contribution in [0.1, 0.15) is 48.0 Å². The van der Waals surface area contributed by atoms with Crippen LogP contribution in [-0.4, -0.2) is 39.0 Å². The Morgan fingerprint density at radius 2 is 1.63 bits per heavy atom. The van der Waals surface area contributed by atoms with Crippen molar-refractivity contribution in [3.05, 3.63) is 23.3 Å². The van der Waals surface area contributed by atoms with Crippen molar-refractivity contribution in [2.45, 2.75) is 66.6 Å². The number of nitrogens with one attached hydrogen (secondary N) is 1. The van der Waals surface area contributed by atoms with E-state index in [0.717, 1.165) is 29.2 Å². The molecule has 2 nitrogen and oxygen atoms in total. The van der Waals surface area contributed by atoms with E-state index >= 15 is 0 Å². The van der Waals surface area contributed by atoms with Crippen LogP contribution in [0.2, 0.25) is 18.6 Å². The van der Waals surface area contributed by atoms with Crippen LogP contribution in [-0.2, 0) is 0 Å². The fourth-order valence-electron chi connectivity index (χ4n) is 6.21. The molecule has 154 valence electrons. The predicted octanol–water partition coefficient (Wildman–Crippen LogP) is 5.55. The van der Waals surface area contributed by atoms with Gasteiger partial charge in [0.1, 0.15) is 8.24 Å². The topological polar surface area (TPSA) is 15.3 Å². The first-order valence-corrected chi connectivity index (χ1v) is 14.6. The van der Waals surface area contributed by atoms with Gasteiger partial charge in [0.05, 0.1) is 0 Å². The molecule has 0 spiro atoms. The molecule has 27 heavy (non-hydrogen) atoms. The molecule has 0 aromatic heterocycles. The molecule has 1 heterocycles. The summed E-state index contributed by atoms with van der Waals surface area (Å²) in [5.74, 6) is 4.51. The van der Waals surface area contributed by atoms with Crippen LogP contribution < -0.4 is 5.32 Å².